The molecule has 0 saturated heterocycles. The number of likely N-dealkylation sites (N-methyl/N-ethyl adjacent to an activating group) is 1. The van der Waals surface area contributed by atoms with Crippen LogP contribution in [0.5, 0.6) is 5.75 Å². The summed E-state index contributed by atoms with van der Waals surface area (Å²) in [6, 6.07) is 18.3. The molecule has 2 aromatic carbocycles. The van der Waals surface area contributed by atoms with Gasteiger partial charge in [0.05, 0.1) is 0 Å². The molecule has 0 fully saturated rings. The Balaban J connectivity index is 0.00000341. The summed E-state index contributed by atoms with van der Waals surface area (Å²) in [7, 11) is 1.81. The number of benzene rings is 2. The van der Waals surface area contributed by atoms with Crippen molar-refractivity contribution in [2.45, 2.75) is 19.9 Å². The Kier molecular flexibility index (Phi) is 10.4. The van der Waals surface area contributed by atoms with Crippen LogP contribution in [0.3, 0.4) is 0 Å². The van der Waals surface area contributed by atoms with Crippen molar-refractivity contribution in [1.29, 1.82) is 0 Å². The van der Waals surface area contributed by atoms with Gasteiger partial charge in [-0.25, -0.2) is 0 Å². The van der Waals surface area contributed by atoms with Gasteiger partial charge in [-0.05, 0) is 42.2 Å². The van der Waals surface area contributed by atoms with Gasteiger partial charge in [0, 0.05) is 33.2 Å². The molecule has 7 heteroatoms. The molecule has 1 aliphatic rings. The van der Waals surface area contributed by atoms with Gasteiger partial charge in [0.25, 0.3) is 5.91 Å². The Morgan fingerprint density at radius 1 is 1.13 bits per heavy atom. The van der Waals surface area contributed by atoms with Crippen molar-refractivity contribution in [3.63, 3.8) is 0 Å². The first-order chi connectivity index (χ1) is 14.7. The summed E-state index contributed by atoms with van der Waals surface area (Å²) in [6.45, 7) is 4.91. The number of guanidine groups is 1. The number of ether oxygens (including phenoxy) is 1. The van der Waals surface area contributed by atoms with Gasteiger partial charge in [0.2, 0.25) is 0 Å². The molecular formula is C24H31IN4O2. The van der Waals surface area contributed by atoms with Crippen molar-refractivity contribution < 1.29 is 9.53 Å². The molecular weight excluding hydrogens is 503 g/mol. The number of carbonyl (C=O) groups excluding carboxylic acids is 1. The van der Waals surface area contributed by atoms with Crippen LogP contribution in [0.15, 0.2) is 65.7 Å². The average Bonchev–Trinajstić information content (AvgIpc) is 2.80. The van der Waals surface area contributed by atoms with E-state index in [1.807, 2.05) is 44.3 Å². The highest BCUT2D eigenvalue weighted by molar-refractivity contribution is 14.0. The third-order valence-corrected chi connectivity index (χ3v) is 4.96. The molecule has 166 valence electrons. The second kappa shape index (κ2) is 13.0. The molecule has 0 saturated carbocycles. The van der Waals surface area contributed by atoms with Gasteiger partial charge < -0.3 is 20.3 Å². The molecule has 0 aliphatic carbocycles. The summed E-state index contributed by atoms with van der Waals surface area (Å²) in [5.74, 6) is 1.45. The van der Waals surface area contributed by atoms with E-state index >= 15 is 0 Å². The van der Waals surface area contributed by atoms with Gasteiger partial charge in [-0.1, -0.05) is 48.5 Å². The highest BCUT2D eigenvalue weighted by Gasteiger charge is 2.16. The number of hydrogen-bond acceptors (Lipinski definition) is 3. The fourth-order valence-electron chi connectivity index (χ4n) is 3.43. The number of halogens is 1. The van der Waals surface area contributed by atoms with Crippen LogP contribution in [0.2, 0.25) is 0 Å². The minimum Gasteiger partial charge on any atom is -0.484 e. The number of carbonyl (C=O) groups is 1. The Morgan fingerprint density at radius 2 is 1.94 bits per heavy atom. The van der Waals surface area contributed by atoms with E-state index < -0.39 is 0 Å². The minimum atomic E-state index is -0.116. The molecule has 31 heavy (non-hydrogen) atoms. The second-order valence-corrected chi connectivity index (χ2v) is 7.08. The first-order valence-corrected chi connectivity index (χ1v) is 10.4. The molecule has 0 aromatic heterocycles. The number of nitrogens with zero attached hydrogens (tertiary/aromatic N) is 2. The molecule has 1 amide bonds. The first kappa shape index (κ1) is 24.7. The molecule has 0 bridgehead atoms. The summed E-state index contributed by atoms with van der Waals surface area (Å²) < 4.78 is 5.58. The zero-order valence-corrected chi connectivity index (χ0v) is 20.5. The molecule has 0 radical (unpaired) electrons. The van der Waals surface area contributed by atoms with Crippen LogP contribution in [-0.2, 0) is 11.3 Å². The summed E-state index contributed by atoms with van der Waals surface area (Å²) in [6.07, 6.45) is 3.27. The SMILES string of the molecule is CCNC(=O)COc1cccc(CNC(=NC)N2CC=C(c3ccccc3)CC2)c1.I. The van der Waals surface area contributed by atoms with Gasteiger partial charge >= 0.3 is 0 Å². The van der Waals surface area contributed by atoms with Crippen molar-refractivity contribution in [3.8, 4) is 5.75 Å². The Labute approximate surface area is 201 Å². The van der Waals surface area contributed by atoms with Gasteiger partial charge in [0.15, 0.2) is 12.6 Å². The van der Waals surface area contributed by atoms with E-state index in [9.17, 15) is 4.79 Å². The third kappa shape index (κ3) is 7.57. The molecule has 3 rings (SSSR count). The van der Waals surface area contributed by atoms with E-state index in [1.54, 1.807) is 0 Å². The molecule has 0 spiro atoms. The smallest absolute Gasteiger partial charge is 0.257 e. The molecule has 2 aromatic rings. The fraction of sp³-hybridized carbons (Fsp3) is 0.333. The maximum atomic E-state index is 11.6. The van der Waals surface area contributed by atoms with E-state index in [2.05, 4.69) is 50.9 Å². The molecule has 0 atom stereocenters. The van der Waals surface area contributed by atoms with Crippen molar-refractivity contribution >= 4 is 41.4 Å². The van der Waals surface area contributed by atoms with Crippen LogP contribution in [-0.4, -0.2) is 50.1 Å². The Morgan fingerprint density at radius 3 is 2.61 bits per heavy atom. The van der Waals surface area contributed by atoms with E-state index in [0.29, 0.717) is 18.8 Å². The number of aliphatic imine (C=N–C) groups is 1. The van der Waals surface area contributed by atoms with Crippen LogP contribution < -0.4 is 15.4 Å². The summed E-state index contributed by atoms with van der Waals surface area (Å²) in [5.41, 5.74) is 3.76. The lowest BCUT2D eigenvalue weighted by atomic mass is 10.00. The van der Waals surface area contributed by atoms with Crippen LogP contribution in [0, 0.1) is 0 Å². The van der Waals surface area contributed by atoms with Crippen LogP contribution in [0.25, 0.3) is 5.57 Å². The van der Waals surface area contributed by atoms with Crippen molar-refractivity contribution in [3.05, 3.63) is 71.8 Å². The Hall–Kier alpha value is -2.55. The number of rotatable bonds is 7. The maximum absolute atomic E-state index is 11.6. The minimum absolute atomic E-state index is 0. The number of amides is 1. The fourth-order valence-corrected chi connectivity index (χ4v) is 3.43. The number of nitrogens with one attached hydrogen (secondary N) is 2. The van der Waals surface area contributed by atoms with E-state index in [4.69, 9.17) is 4.74 Å². The topological polar surface area (TPSA) is 66.0 Å². The van der Waals surface area contributed by atoms with Crippen LogP contribution >= 0.6 is 24.0 Å². The molecule has 2 N–H and O–H groups in total. The van der Waals surface area contributed by atoms with E-state index in [-0.39, 0.29) is 36.5 Å². The molecule has 1 aliphatic heterocycles. The Bertz CT molecular complexity index is 899. The lowest BCUT2D eigenvalue weighted by Crippen LogP contribution is -2.43. The van der Waals surface area contributed by atoms with Gasteiger partial charge in [-0.15, -0.1) is 24.0 Å². The normalized spacial score (nSPS) is 13.7. The third-order valence-electron chi connectivity index (χ3n) is 4.96. The van der Waals surface area contributed by atoms with Crippen molar-refractivity contribution in [2.24, 2.45) is 4.99 Å². The van der Waals surface area contributed by atoms with Gasteiger partial charge in [-0.3, -0.25) is 9.79 Å². The van der Waals surface area contributed by atoms with Crippen LogP contribution in [0.4, 0.5) is 0 Å². The molecule has 0 unspecified atom stereocenters. The van der Waals surface area contributed by atoms with Gasteiger partial charge in [-0.2, -0.15) is 0 Å². The molecule has 1 heterocycles. The second-order valence-electron chi connectivity index (χ2n) is 7.08. The maximum Gasteiger partial charge on any atom is 0.257 e. The predicted molar refractivity (Wildman–Crippen MR) is 137 cm³/mol. The van der Waals surface area contributed by atoms with E-state index in [1.165, 1.54) is 11.1 Å². The highest BCUT2D eigenvalue weighted by atomic mass is 127. The summed E-state index contributed by atoms with van der Waals surface area (Å²) >= 11 is 0. The van der Waals surface area contributed by atoms with E-state index in [0.717, 1.165) is 31.0 Å². The lowest BCUT2D eigenvalue weighted by Gasteiger charge is -2.30. The average molecular weight is 534 g/mol. The summed E-state index contributed by atoms with van der Waals surface area (Å²) in [5, 5.41) is 6.16. The zero-order chi connectivity index (χ0) is 21.2. The zero-order valence-electron chi connectivity index (χ0n) is 18.1. The summed E-state index contributed by atoms with van der Waals surface area (Å²) in [4.78, 5) is 18.3. The predicted octanol–water partition coefficient (Wildman–Crippen LogP) is 3.68. The van der Waals surface area contributed by atoms with Crippen molar-refractivity contribution in [2.75, 3.05) is 33.3 Å². The monoisotopic (exact) mass is 534 g/mol. The highest BCUT2D eigenvalue weighted by Crippen LogP contribution is 2.22. The van der Waals surface area contributed by atoms with Crippen molar-refractivity contribution in [1.82, 2.24) is 15.5 Å². The van der Waals surface area contributed by atoms with Gasteiger partial charge in [0.1, 0.15) is 5.75 Å². The quantitative estimate of drug-likeness (QED) is 0.323. The largest absolute Gasteiger partial charge is 0.484 e. The first-order valence-electron chi connectivity index (χ1n) is 10.4. The standard InChI is InChI=1S/C24H30N4O2.HI/c1-3-26-23(29)18-30-22-11-7-8-19(16-22)17-27-24(25-2)28-14-12-21(13-15-28)20-9-5-4-6-10-20;/h4-12,16H,3,13-15,17-18H2,1-2H3,(H,25,27)(H,26,29);1H. The molecule has 6 nitrogen and oxygen atoms in total. The number of hydrogen-bond donors (Lipinski definition) is 2. The lowest BCUT2D eigenvalue weighted by molar-refractivity contribution is -0.122. The van der Waals surface area contributed by atoms with Crippen LogP contribution in [0.1, 0.15) is 24.5 Å².